The lowest BCUT2D eigenvalue weighted by Gasteiger charge is -2.21. The lowest BCUT2D eigenvalue weighted by atomic mass is 10.2. The summed E-state index contributed by atoms with van der Waals surface area (Å²) in [5.74, 6) is 0.133. The first kappa shape index (κ1) is 15.1. The smallest absolute Gasteiger partial charge is 0.294 e. The van der Waals surface area contributed by atoms with Crippen molar-refractivity contribution in [3.05, 3.63) is 96.5 Å². The molecule has 0 aliphatic rings. The minimum atomic E-state index is -0.187. The number of nitrogens with zero attached hydrogens (tertiary/aromatic N) is 2. The average molecular weight is 328 g/mol. The maximum atomic E-state index is 13.1. The maximum Gasteiger partial charge on any atom is 0.294 e. The predicted octanol–water partition coefficient (Wildman–Crippen LogP) is 4.67. The molecule has 4 nitrogen and oxygen atoms in total. The van der Waals surface area contributed by atoms with Gasteiger partial charge in [-0.2, -0.15) is 0 Å². The summed E-state index contributed by atoms with van der Waals surface area (Å²) in [6.07, 6.45) is 1.73. The van der Waals surface area contributed by atoms with Gasteiger partial charge in [-0.15, -0.1) is 0 Å². The molecule has 4 aromatic rings. The van der Waals surface area contributed by atoms with Crippen LogP contribution >= 0.6 is 0 Å². The van der Waals surface area contributed by atoms with Crippen molar-refractivity contribution in [2.75, 3.05) is 4.90 Å². The molecule has 0 unspecified atom stereocenters. The molecule has 1 amide bonds. The van der Waals surface area contributed by atoms with Crippen molar-refractivity contribution in [3.63, 3.8) is 0 Å². The second-order valence-electron chi connectivity index (χ2n) is 5.70. The molecule has 2 heterocycles. The third-order valence-electron chi connectivity index (χ3n) is 4.00. The van der Waals surface area contributed by atoms with Crippen molar-refractivity contribution in [2.45, 2.75) is 6.54 Å². The Balaban J connectivity index is 1.72. The predicted molar refractivity (Wildman–Crippen MR) is 97.4 cm³/mol. The number of pyridine rings is 1. The van der Waals surface area contributed by atoms with Crippen LogP contribution < -0.4 is 4.90 Å². The molecular formula is C21H16N2O2. The summed E-state index contributed by atoms with van der Waals surface area (Å²) in [6, 6.07) is 24.6. The van der Waals surface area contributed by atoms with E-state index in [0.717, 1.165) is 16.8 Å². The molecule has 4 heteroatoms. The van der Waals surface area contributed by atoms with E-state index in [0.29, 0.717) is 17.9 Å². The summed E-state index contributed by atoms with van der Waals surface area (Å²) in [5, 5.41) is 0.914. The van der Waals surface area contributed by atoms with Crippen molar-refractivity contribution in [2.24, 2.45) is 0 Å². The molecule has 4 rings (SSSR count). The summed E-state index contributed by atoms with van der Waals surface area (Å²) in [7, 11) is 0. The van der Waals surface area contributed by atoms with Gasteiger partial charge in [0.25, 0.3) is 5.91 Å². The number of carbonyl (C=O) groups is 1. The number of rotatable bonds is 4. The number of hydrogen-bond acceptors (Lipinski definition) is 3. The largest absolute Gasteiger partial charge is 0.451 e. The molecule has 2 aromatic carbocycles. The summed E-state index contributed by atoms with van der Waals surface area (Å²) >= 11 is 0. The van der Waals surface area contributed by atoms with Gasteiger partial charge in [-0.1, -0.05) is 42.5 Å². The molecule has 0 fully saturated rings. The highest BCUT2D eigenvalue weighted by atomic mass is 16.3. The van der Waals surface area contributed by atoms with Crippen molar-refractivity contribution >= 4 is 22.6 Å². The van der Waals surface area contributed by atoms with Crippen molar-refractivity contribution in [3.8, 4) is 0 Å². The molecule has 0 saturated carbocycles. The van der Waals surface area contributed by atoms with Crippen LogP contribution in [0.25, 0.3) is 11.0 Å². The molecule has 2 aromatic heterocycles. The Morgan fingerprint density at radius 3 is 2.44 bits per heavy atom. The van der Waals surface area contributed by atoms with Crippen LogP contribution in [0.2, 0.25) is 0 Å². The van der Waals surface area contributed by atoms with Gasteiger partial charge in [0.1, 0.15) is 5.58 Å². The fraction of sp³-hybridized carbons (Fsp3) is 0.0476. The highest BCUT2D eigenvalue weighted by molar-refractivity contribution is 6.06. The van der Waals surface area contributed by atoms with Gasteiger partial charge >= 0.3 is 0 Å². The van der Waals surface area contributed by atoms with Crippen LogP contribution in [0.3, 0.4) is 0 Å². The molecule has 0 aliphatic carbocycles. The normalized spacial score (nSPS) is 10.7. The van der Waals surface area contributed by atoms with Gasteiger partial charge in [0.2, 0.25) is 0 Å². The van der Waals surface area contributed by atoms with E-state index in [9.17, 15) is 4.79 Å². The molecule has 0 aliphatic heterocycles. The Hall–Kier alpha value is -3.40. The third kappa shape index (κ3) is 3.15. The van der Waals surface area contributed by atoms with Gasteiger partial charge in [0.15, 0.2) is 5.76 Å². The zero-order valence-corrected chi connectivity index (χ0v) is 13.5. The standard InChI is InChI=1S/C21H16N2O2/c24-21(20-14-16-8-4-5-12-19(16)25-20)23(18-10-2-1-3-11-18)15-17-9-6-7-13-22-17/h1-14H,15H2. The SMILES string of the molecule is O=C(c1cc2ccccc2o1)N(Cc1ccccn1)c1ccccc1. The molecule has 0 saturated heterocycles. The second kappa shape index (κ2) is 6.61. The summed E-state index contributed by atoms with van der Waals surface area (Å²) in [6.45, 7) is 0.376. The van der Waals surface area contributed by atoms with Gasteiger partial charge in [0, 0.05) is 17.3 Å². The number of benzene rings is 2. The molecule has 0 radical (unpaired) electrons. The Labute approximate surface area is 145 Å². The zero-order valence-electron chi connectivity index (χ0n) is 13.5. The minimum absolute atomic E-state index is 0.187. The molecule has 25 heavy (non-hydrogen) atoms. The van der Waals surface area contributed by atoms with E-state index in [1.807, 2.05) is 72.8 Å². The van der Waals surface area contributed by atoms with Crippen LogP contribution in [-0.2, 0) is 6.54 Å². The lowest BCUT2D eigenvalue weighted by Crippen LogP contribution is -2.30. The average Bonchev–Trinajstić information content (AvgIpc) is 3.11. The van der Waals surface area contributed by atoms with Crippen molar-refractivity contribution in [1.82, 2.24) is 4.98 Å². The van der Waals surface area contributed by atoms with Crippen molar-refractivity contribution in [1.29, 1.82) is 0 Å². The highest BCUT2D eigenvalue weighted by Gasteiger charge is 2.22. The first-order chi connectivity index (χ1) is 12.3. The molecule has 0 atom stereocenters. The molecule has 0 spiro atoms. The second-order valence-corrected chi connectivity index (χ2v) is 5.70. The van der Waals surface area contributed by atoms with E-state index in [2.05, 4.69) is 4.98 Å². The molecule has 0 N–H and O–H groups in total. The fourth-order valence-electron chi connectivity index (χ4n) is 2.76. The number of aromatic nitrogens is 1. The quantitative estimate of drug-likeness (QED) is 0.547. The van der Waals surface area contributed by atoms with Gasteiger partial charge in [0.05, 0.1) is 12.2 Å². The minimum Gasteiger partial charge on any atom is -0.451 e. The summed E-state index contributed by atoms with van der Waals surface area (Å²) in [4.78, 5) is 19.1. The number of hydrogen-bond donors (Lipinski definition) is 0. The molecule has 122 valence electrons. The highest BCUT2D eigenvalue weighted by Crippen LogP contribution is 2.24. The number of amides is 1. The third-order valence-corrected chi connectivity index (χ3v) is 4.00. The number of anilines is 1. The number of furan rings is 1. The maximum absolute atomic E-state index is 13.1. The van der Waals surface area contributed by atoms with E-state index in [1.165, 1.54) is 0 Å². The zero-order chi connectivity index (χ0) is 17.1. The van der Waals surface area contributed by atoms with E-state index < -0.39 is 0 Å². The summed E-state index contributed by atoms with van der Waals surface area (Å²) in [5.41, 5.74) is 2.33. The van der Waals surface area contributed by atoms with E-state index in [-0.39, 0.29) is 5.91 Å². The fourth-order valence-corrected chi connectivity index (χ4v) is 2.76. The Bertz CT molecular complexity index is 961. The number of carbonyl (C=O) groups excluding carboxylic acids is 1. The van der Waals surface area contributed by atoms with Crippen LogP contribution in [0.5, 0.6) is 0 Å². The van der Waals surface area contributed by atoms with E-state index in [1.54, 1.807) is 17.2 Å². The van der Waals surface area contributed by atoms with E-state index >= 15 is 0 Å². The molecular weight excluding hydrogens is 312 g/mol. The van der Waals surface area contributed by atoms with Crippen LogP contribution in [0.4, 0.5) is 5.69 Å². The monoisotopic (exact) mass is 328 g/mol. The van der Waals surface area contributed by atoms with Crippen molar-refractivity contribution < 1.29 is 9.21 Å². The van der Waals surface area contributed by atoms with Crippen LogP contribution in [0.15, 0.2) is 89.5 Å². The lowest BCUT2D eigenvalue weighted by molar-refractivity contribution is 0.0960. The van der Waals surface area contributed by atoms with Crippen LogP contribution in [-0.4, -0.2) is 10.9 Å². The molecule has 0 bridgehead atoms. The van der Waals surface area contributed by atoms with Crippen LogP contribution in [0.1, 0.15) is 16.2 Å². The number of para-hydroxylation sites is 2. The topological polar surface area (TPSA) is 46.3 Å². The summed E-state index contributed by atoms with van der Waals surface area (Å²) < 4.78 is 5.76. The van der Waals surface area contributed by atoms with Gasteiger partial charge in [-0.05, 0) is 36.4 Å². The van der Waals surface area contributed by atoms with Gasteiger partial charge < -0.3 is 4.42 Å². The first-order valence-electron chi connectivity index (χ1n) is 8.07. The first-order valence-corrected chi connectivity index (χ1v) is 8.07. The van der Waals surface area contributed by atoms with E-state index in [4.69, 9.17) is 4.42 Å². The Morgan fingerprint density at radius 1 is 0.920 bits per heavy atom. The van der Waals surface area contributed by atoms with Gasteiger partial charge in [-0.25, -0.2) is 0 Å². The Morgan fingerprint density at radius 2 is 1.68 bits per heavy atom. The van der Waals surface area contributed by atoms with Gasteiger partial charge in [-0.3, -0.25) is 14.7 Å². The Kier molecular flexibility index (Phi) is 4.01. The number of fused-ring (bicyclic) bond motifs is 1. The van der Waals surface area contributed by atoms with Crippen LogP contribution in [0, 0.1) is 0 Å².